The number of ether oxygens (including phenoxy) is 1. The van der Waals surface area contributed by atoms with E-state index in [0.29, 0.717) is 12.5 Å². The van der Waals surface area contributed by atoms with Crippen molar-refractivity contribution < 1.29 is 9.84 Å². The Kier molecular flexibility index (Phi) is 4.25. The van der Waals surface area contributed by atoms with Gasteiger partial charge in [-0.2, -0.15) is 0 Å². The van der Waals surface area contributed by atoms with Gasteiger partial charge >= 0.3 is 0 Å². The topological polar surface area (TPSA) is 29.5 Å². The SMILES string of the molecule is CCOC(O)C(C)(C)CCl. The summed E-state index contributed by atoms with van der Waals surface area (Å²) in [5.74, 6) is 0.397. The molecule has 0 aromatic carbocycles. The quantitative estimate of drug-likeness (QED) is 0.508. The molecule has 0 aliphatic rings. The molecule has 1 unspecified atom stereocenters. The highest BCUT2D eigenvalue weighted by Crippen LogP contribution is 2.22. The Morgan fingerprint density at radius 1 is 1.60 bits per heavy atom. The summed E-state index contributed by atoms with van der Waals surface area (Å²) in [6.45, 7) is 6.08. The maximum atomic E-state index is 9.27. The average Bonchev–Trinajstić information content (AvgIpc) is 1.89. The van der Waals surface area contributed by atoms with Crippen molar-refractivity contribution in [1.29, 1.82) is 0 Å². The Labute approximate surface area is 67.1 Å². The van der Waals surface area contributed by atoms with Crippen molar-refractivity contribution in [2.24, 2.45) is 5.41 Å². The molecule has 0 rings (SSSR count). The van der Waals surface area contributed by atoms with Gasteiger partial charge in [0.15, 0.2) is 6.29 Å². The molecular formula is C7H15ClO2. The van der Waals surface area contributed by atoms with Crippen LogP contribution in [0, 0.1) is 5.41 Å². The average molecular weight is 167 g/mol. The second-order valence-electron chi connectivity index (χ2n) is 2.93. The molecule has 0 amide bonds. The molecule has 10 heavy (non-hydrogen) atoms. The predicted molar refractivity (Wildman–Crippen MR) is 42.1 cm³/mol. The summed E-state index contributed by atoms with van der Waals surface area (Å²) in [5.41, 5.74) is -0.350. The summed E-state index contributed by atoms with van der Waals surface area (Å²) in [6, 6.07) is 0. The lowest BCUT2D eigenvalue weighted by Gasteiger charge is -2.27. The maximum absolute atomic E-state index is 9.27. The van der Waals surface area contributed by atoms with Crippen LogP contribution in [0.5, 0.6) is 0 Å². The zero-order chi connectivity index (χ0) is 8.20. The van der Waals surface area contributed by atoms with E-state index in [1.165, 1.54) is 0 Å². The molecule has 0 spiro atoms. The smallest absolute Gasteiger partial charge is 0.160 e. The first-order valence-corrected chi connectivity index (χ1v) is 3.93. The van der Waals surface area contributed by atoms with Crippen LogP contribution in [-0.4, -0.2) is 23.9 Å². The Bertz CT molecular complexity index is 93.6. The molecule has 1 atom stereocenters. The van der Waals surface area contributed by atoms with Gasteiger partial charge in [-0.3, -0.25) is 0 Å². The van der Waals surface area contributed by atoms with Gasteiger partial charge in [0.2, 0.25) is 0 Å². The standard InChI is InChI=1S/C7H15ClO2/c1-4-10-6(9)7(2,3)5-8/h6,9H,4-5H2,1-3H3. The van der Waals surface area contributed by atoms with E-state index in [4.69, 9.17) is 16.3 Å². The Balaban J connectivity index is 3.78. The number of halogens is 1. The Hall–Kier alpha value is 0.210. The molecule has 0 fully saturated rings. The Morgan fingerprint density at radius 2 is 2.10 bits per heavy atom. The minimum absolute atomic E-state index is 0.350. The summed E-state index contributed by atoms with van der Waals surface area (Å²) in [7, 11) is 0. The van der Waals surface area contributed by atoms with Crippen molar-refractivity contribution in [2.75, 3.05) is 12.5 Å². The van der Waals surface area contributed by atoms with Crippen LogP contribution in [0.25, 0.3) is 0 Å². The van der Waals surface area contributed by atoms with Crippen molar-refractivity contribution in [2.45, 2.75) is 27.1 Å². The van der Waals surface area contributed by atoms with Crippen LogP contribution in [-0.2, 0) is 4.74 Å². The lowest BCUT2D eigenvalue weighted by Crippen LogP contribution is -2.33. The number of rotatable bonds is 4. The third-order valence-corrected chi connectivity index (χ3v) is 2.03. The van der Waals surface area contributed by atoms with E-state index in [1.54, 1.807) is 0 Å². The highest BCUT2D eigenvalue weighted by Gasteiger charge is 2.26. The van der Waals surface area contributed by atoms with Gasteiger partial charge in [-0.1, -0.05) is 13.8 Å². The van der Waals surface area contributed by atoms with Crippen LogP contribution in [0.1, 0.15) is 20.8 Å². The number of aliphatic hydroxyl groups is 1. The fraction of sp³-hybridized carbons (Fsp3) is 1.00. The fourth-order valence-electron chi connectivity index (χ4n) is 0.449. The van der Waals surface area contributed by atoms with Crippen molar-refractivity contribution in [1.82, 2.24) is 0 Å². The maximum Gasteiger partial charge on any atom is 0.160 e. The third-order valence-electron chi connectivity index (χ3n) is 1.34. The van der Waals surface area contributed by atoms with E-state index in [2.05, 4.69) is 0 Å². The van der Waals surface area contributed by atoms with E-state index in [9.17, 15) is 5.11 Å². The highest BCUT2D eigenvalue weighted by molar-refractivity contribution is 6.18. The number of hydrogen-bond donors (Lipinski definition) is 1. The van der Waals surface area contributed by atoms with Gasteiger partial charge in [0.05, 0.1) is 0 Å². The fourth-order valence-corrected chi connectivity index (χ4v) is 0.581. The van der Waals surface area contributed by atoms with Gasteiger partial charge in [-0.15, -0.1) is 11.6 Å². The van der Waals surface area contributed by atoms with Crippen LogP contribution in [0.15, 0.2) is 0 Å². The van der Waals surface area contributed by atoms with Gasteiger partial charge in [0.1, 0.15) is 0 Å². The van der Waals surface area contributed by atoms with Gasteiger partial charge in [0.25, 0.3) is 0 Å². The summed E-state index contributed by atoms with van der Waals surface area (Å²) in [6.07, 6.45) is -0.755. The molecule has 0 aliphatic carbocycles. The van der Waals surface area contributed by atoms with E-state index in [1.807, 2.05) is 20.8 Å². The molecule has 0 saturated heterocycles. The van der Waals surface area contributed by atoms with Crippen LogP contribution >= 0.6 is 11.6 Å². The second kappa shape index (κ2) is 4.16. The zero-order valence-corrected chi connectivity index (χ0v) is 7.48. The van der Waals surface area contributed by atoms with Crippen molar-refractivity contribution in [3.05, 3.63) is 0 Å². The molecule has 0 radical (unpaired) electrons. The van der Waals surface area contributed by atoms with Gasteiger partial charge in [-0.05, 0) is 6.92 Å². The molecular weight excluding hydrogens is 152 g/mol. The number of hydrogen-bond acceptors (Lipinski definition) is 2. The molecule has 2 nitrogen and oxygen atoms in total. The largest absolute Gasteiger partial charge is 0.367 e. The van der Waals surface area contributed by atoms with Gasteiger partial charge in [-0.25, -0.2) is 0 Å². The van der Waals surface area contributed by atoms with Crippen molar-refractivity contribution in [3.63, 3.8) is 0 Å². The van der Waals surface area contributed by atoms with Gasteiger partial charge in [0, 0.05) is 17.9 Å². The minimum atomic E-state index is -0.755. The molecule has 0 aliphatic heterocycles. The van der Waals surface area contributed by atoms with E-state index in [0.717, 1.165) is 0 Å². The molecule has 0 heterocycles. The predicted octanol–water partition coefficient (Wildman–Crippen LogP) is 1.61. The molecule has 0 aromatic heterocycles. The van der Waals surface area contributed by atoms with Crippen LogP contribution in [0.3, 0.4) is 0 Å². The molecule has 0 saturated carbocycles. The van der Waals surface area contributed by atoms with Crippen LogP contribution in [0.2, 0.25) is 0 Å². The zero-order valence-electron chi connectivity index (χ0n) is 6.72. The van der Waals surface area contributed by atoms with Crippen LogP contribution in [0.4, 0.5) is 0 Å². The van der Waals surface area contributed by atoms with Crippen LogP contribution < -0.4 is 0 Å². The van der Waals surface area contributed by atoms with E-state index < -0.39 is 6.29 Å². The first kappa shape index (κ1) is 10.2. The number of aliphatic hydroxyl groups excluding tert-OH is 1. The lowest BCUT2D eigenvalue weighted by atomic mass is 9.96. The normalized spacial score (nSPS) is 15.3. The Morgan fingerprint density at radius 3 is 2.40 bits per heavy atom. The van der Waals surface area contributed by atoms with Crippen molar-refractivity contribution in [3.8, 4) is 0 Å². The van der Waals surface area contributed by atoms with E-state index in [-0.39, 0.29) is 5.41 Å². The highest BCUT2D eigenvalue weighted by atomic mass is 35.5. The summed E-state index contributed by atoms with van der Waals surface area (Å²) >= 11 is 5.58. The summed E-state index contributed by atoms with van der Waals surface area (Å²) < 4.78 is 4.97. The molecule has 0 aromatic rings. The van der Waals surface area contributed by atoms with E-state index >= 15 is 0 Å². The first-order valence-electron chi connectivity index (χ1n) is 3.40. The molecule has 3 heteroatoms. The lowest BCUT2D eigenvalue weighted by molar-refractivity contribution is -0.154. The molecule has 1 N–H and O–H groups in total. The molecule has 62 valence electrons. The second-order valence-corrected chi connectivity index (χ2v) is 3.20. The molecule has 0 bridgehead atoms. The van der Waals surface area contributed by atoms with Gasteiger partial charge < -0.3 is 9.84 Å². The first-order chi connectivity index (χ1) is 4.54. The minimum Gasteiger partial charge on any atom is -0.367 e. The monoisotopic (exact) mass is 166 g/mol. The third kappa shape index (κ3) is 2.86. The number of alkyl halides is 1. The summed E-state index contributed by atoms with van der Waals surface area (Å²) in [5, 5.41) is 9.27. The van der Waals surface area contributed by atoms with Crippen molar-refractivity contribution >= 4 is 11.6 Å². The summed E-state index contributed by atoms with van der Waals surface area (Å²) in [4.78, 5) is 0.